The first-order valence-corrected chi connectivity index (χ1v) is 5.20. The smallest absolute Gasteiger partial charge is 0.279 e. The van der Waals surface area contributed by atoms with Gasteiger partial charge in [0, 0.05) is 6.07 Å². The highest BCUT2D eigenvalue weighted by molar-refractivity contribution is 5.53. The van der Waals surface area contributed by atoms with Gasteiger partial charge in [0.15, 0.2) is 0 Å². The maximum Gasteiger partial charge on any atom is 0.279 e. The van der Waals surface area contributed by atoms with Gasteiger partial charge in [-0.3, -0.25) is 0 Å². The fourth-order valence-corrected chi connectivity index (χ4v) is 1.53. The molecule has 1 aromatic carbocycles. The van der Waals surface area contributed by atoms with Crippen LogP contribution in [-0.2, 0) is 6.54 Å². The number of nitrogens with zero attached hydrogens (tertiary/aromatic N) is 1. The maximum atomic E-state index is 3.39. The molecule has 2 nitrogen and oxygen atoms in total. The molecule has 0 aliphatic heterocycles. The second kappa shape index (κ2) is 6.48. The molecule has 0 saturated carbocycles. The van der Waals surface area contributed by atoms with Crippen LogP contribution < -0.4 is 33.9 Å². The Morgan fingerprint density at radius 2 is 1.69 bits per heavy atom. The quantitative estimate of drug-likeness (QED) is 0.607. The van der Waals surface area contributed by atoms with Crippen molar-refractivity contribution in [1.29, 1.82) is 0 Å². The van der Waals surface area contributed by atoms with Gasteiger partial charge in [-0.1, -0.05) is 24.3 Å². The van der Waals surface area contributed by atoms with Gasteiger partial charge in [0.05, 0.1) is 12.7 Å². The molecule has 0 amide bonds. The summed E-state index contributed by atoms with van der Waals surface area (Å²) in [5.74, 6) is 1.12. The Morgan fingerprint density at radius 3 is 2.38 bits per heavy atom. The highest BCUT2D eigenvalue weighted by Gasteiger charge is 2.05. The third-order valence-electron chi connectivity index (χ3n) is 2.33. The van der Waals surface area contributed by atoms with Crippen LogP contribution in [0.1, 0.15) is 6.92 Å². The lowest BCUT2D eigenvalue weighted by atomic mass is 10.3. The lowest BCUT2D eigenvalue weighted by Crippen LogP contribution is -3.00. The van der Waals surface area contributed by atoms with E-state index in [0.29, 0.717) is 0 Å². The highest BCUT2D eigenvalue weighted by Crippen LogP contribution is 2.11. The van der Waals surface area contributed by atoms with E-state index in [0.717, 1.165) is 18.1 Å². The number of aryl methyl sites for hydroxylation is 1. The Kier molecular flexibility index (Phi) is 5.25. The summed E-state index contributed by atoms with van der Waals surface area (Å²) in [6, 6.07) is 16.4. The average Bonchev–Trinajstić information content (AvgIpc) is 2.31. The minimum Gasteiger partial charge on any atom is -1.00 e. The van der Waals surface area contributed by atoms with Gasteiger partial charge in [-0.2, -0.15) is 0 Å². The average molecular weight is 326 g/mol. The number of anilines is 2. The monoisotopic (exact) mass is 326 g/mol. The predicted octanol–water partition coefficient (Wildman–Crippen LogP) is -0.258. The Balaban J connectivity index is 0.00000128. The molecule has 0 bridgehead atoms. The zero-order valence-electron chi connectivity index (χ0n) is 9.23. The molecule has 0 radical (unpaired) electrons. The van der Waals surface area contributed by atoms with Crippen LogP contribution in [0.3, 0.4) is 0 Å². The normalized spacial score (nSPS) is 9.31. The zero-order chi connectivity index (χ0) is 10.5. The molecule has 2 aromatic rings. The number of nitrogens with one attached hydrogen (secondary N) is 1. The van der Waals surface area contributed by atoms with Gasteiger partial charge in [-0.25, -0.2) is 9.88 Å². The van der Waals surface area contributed by atoms with E-state index in [-0.39, 0.29) is 24.0 Å². The number of hydrogen-bond acceptors (Lipinski definition) is 1. The molecule has 0 fully saturated rings. The van der Waals surface area contributed by atoms with Crippen molar-refractivity contribution in [2.75, 3.05) is 5.32 Å². The van der Waals surface area contributed by atoms with E-state index in [9.17, 15) is 0 Å². The molecular weight excluding hydrogens is 311 g/mol. The van der Waals surface area contributed by atoms with Crippen molar-refractivity contribution in [3.8, 4) is 0 Å². The second-order valence-corrected chi connectivity index (χ2v) is 3.36. The van der Waals surface area contributed by atoms with Gasteiger partial charge in [0.1, 0.15) is 5.69 Å². The molecule has 0 saturated heterocycles. The van der Waals surface area contributed by atoms with Crippen LogP contribution in [0.4, 0.5) is 11.5 Å². The van der Waals surface area contributed by atoms with E-state index in [1.54, 1.807) is 0 Å². The van der Waals surface area contributed by atoms with Crippen molar-refractivity contribution in [2.24, 2.45) is 0 Å². The fourth-order valence-electron chi connectivity index (χ4n) is 1.53. The molecule has 2 rings (SSSR count). The third-order valence-corrected chi connectivity index (χ3v) is 2.33. The van der Waals surface area contributed by atoms with Gasteiger partial charge in [0.2, 0.25) is 0 Å². The van der Waals surface area contributed by atoms with E-state index in [2.05, 4.69) is 41.2 Å². The molecule has 0 unspecified atom stereocenters. The van der Waals surface area contributed by atoms with Crippen molar-refractivity contribution < 1.29 is 28.5 Å². The molecule has 0 spiro atoms. The second-order valence-electron chi connectivity index (χ2n) is 3.36. The van der Waals surface area contributed by atoms with Crippen LogP contribution in [0.25, 0.3) is 0 Å². The van der Waals surface area contributed by atoms with E-state index < -0.39 is 0 Å². The van der Waals surface area contributed by atoms with Crippen LogP contribution in [0.2, 0.25) is 0 Å². The van der Waals surface area contributed by atoms with E-state index >= 15 is 0 Å². The molecule has 0 aliphatic rings. The minimum atomic E-state index is 0. The molecule has 0 atom stereocenters. The summed E-state index contributed by atoms with van der Waals surface area (Å²) in [5, 5.41) is 3.39. The Labute approximate surface area is 113 Å². The summed E-state index contributed by atoms with van der Waals surface area (Å²) in [5.41, 5.74) is 1.12. The lowest BCUT2D eigenvalue weighted by Gasteiger charge is -2.03. The van der Waals surface area contributed by atoms with Crippen molar-refractivity contribution in [3.05, 3.63) is 54.7 Å². The number of halogens is 1. The van der Waals surface area contributed by atoms with E-state index in [1.165, 1.54) is 0 Å². The Bertz CT molecular complexity index is 429. The largest absolute Gasteiger partial charge is 1.00 e. The maximum absolute atomic E-state index is 3.39. The molecule has 16 heavy (non-hydrogen) atoms. The topological polar surface area (TPSA) is 15.9 Å². The summed E-state index contributed by atoms with van der Waals surface area (Å²) in [6.07, 6.45) is 2.07. The number of benzene rings is 1. The van der Waals surface area contributed by atoms with Crippen LogP contribution in [0, 0.1) is 0 Å². The fraction of sp³-hybridized carbons (Fsp3) is 0.154. The number of rotatable bonds is 3. The summed E-state index contributed by atoms with van der Waals surface area (Å²) >= 11 is 0. The SMILES string of the molecule is CC[n+]1ccccc1Nc1ccccc1.[I-]. The standard InChI is InChI=1S/C13H14N2.HI/c1-2-15-11-7-6-10-13(15)14-12-8-4-3-5-9-12;/h3-11H,2H2,1H3;1H. The molecule has 3 heteroatoms. The van der Waals surface area contributed by atoms with Crippen LogP contribution >= 0.6 is 0 Å². The number of aromatic nitrogens is 1. The summed E-state index contributed by atoms with van der Waals surface area (Å²) < 4.78 is 2.17. The molecule has 1 aromatic heterocycles. The number of hydrogen-bond donors (Lipinski definition) is 1. The Hall–Kier alpha value is -1.10. The van der Waals surface area contributed by atoms with Gasteiger partial charge in [-0.15, -0.1) is 0 Å². The first-order chi connectivity index (χ1) is 7.40. The molecule has 1 heterocycles. The van der Waals surface area contributed by atoms with Crippen LogP contribution in [-0.4, -0.2) is 0 Å². The molecule has 0 aliphatic carbocycles. The van der Waals surface area contributed by atoms with Crippen LogP contribution in [0.15, 0.2) is 54.7 Å². The first-order valence-electron chi connectivity index (χ1n) is 5.20. The van der Waals surface area contributed by atoms with Crippen molar-refractivity contribution in [3.63, 3.8) is 0 Å². The minimum absolute atomic E-state index is 0. The van der Waals surface area contributed by atoms with Crippen molar-refractivity contribution in [1.82, 2.24) is 0 Å². The van der Waals surface area contributed by atoms with Crippen molar-refractivity contribution >= 4 is 11.5 Å². The number of pyridine rings is 1. The molecular formula is C13H15IN2. The van der Waals surface area contributed by atoms with Gasteiger partial charge in [0.25, 0.3) is 5.82 Å². The lowest BCUT2D eigenvalue weighted by molar-refractivity contribution is -0.679. The van der Waals surface area contributed by atoms with Gasteiger partial charge >= 0.3 is 0 Å². The first kappa shape index (κ1) is 13.0. The van der Waals surface area contributed by atoms with E-state index in [1.807, 2.05) is 30.3 Å². The summed E-state index contributed by atoms with van der Waals surface area (Å²) in [4.78, 5) is 0. The Morgan fingerprint density at radius 1 is 1.00 bits per heavy atom. The summed E-state index contributed by atoms with van der Waals surface area (Å²) in [6.45, 7) is 3.10. The van der Waals surface area contributed by atoms with Gasteiger partial charge in [-0.05, 0) is 25.1 Å². The van der Waals surface area contributed by atoms with E-state index in [4.69, 9.17) is 0 Å². The van der Waals surface area contributed by atoms with Crippen LogP contribution in [0.5, 0.6) is 0 Å². The molecule has 1 N–H and O–H groups in total. The number of para-hydroxylation sites is 1. The zero-order valence-corrected chi connectivity index (χ0v) is 11.4. The predicted molar refractivity (Wildman–Crippen MR) is 62.0 cm³/mol. The highest BCUT2D eigenvalue weighted by atomic mass is 127. The molecule has 84 valence electrons. The summed E-state index contributed by atoms with van der Waals surface area (Å²) in [7, 11) is 0. The van der Waals surface area contributed by atoms with Crippen molar-refractivity contribution in [2.45, 2.75) is 13.5 Å². The van der Waals surface area contributed by atoms with Gasteiger partial charge < -0.3 is 24.0 Å². The third kappa shape index (κ3) is 3.20.